The summed E-state index contributed by atoms with van der Waals surface area (Å²) >= 11 is 0. The van der Waals surface area contributed by atoms with E-state index in [9.17, 15) is 14.4 Å². The van der Waals surface area contributed by atoms with Crippen LogP contribution in [0.25, 0.3) is 0 Å². The van der Waals surface area contributed by atoms with Crippen LogP contribution in [0.1, 0.15) is 46.0 Å². The summed E-state index contributed by atoms with van der Waals surface area (Å²) in [5.41, 5.74) is 0. The first-order chi connectivity index (χ1) is 10.4. The molecule has 1 rings (SSSR count). The van der Waals surface area contributed by atoms with Crippen LogP contribution < -0.4 is 5.32 Å². The number of rotatable bonds is 9. The zero-order valence-corrected chi connectivity index (χ0v) is 13.3. The summed E-state index contributed by atoms with van der Waals surface area (Å²) in [6.45, 7) is 5.47. The summed E-state index contributed by atoms with van der Waals surface area (Å²) in [7, 11) is 0. The highest BCUT2D eigenvalue weighted by atomic mass is 16.5. The van der Waals surface area contributed by atoms with Gasteiger partial charge in [0.05, 0.1) is 6.10 Å². The molecule has 2 N–H and O–H groups in total. The Balaban J connectivity index is 2.18. The van der Waals surface area contributed by atoms with E-state index in [-0.39, 0.29) is 30.8 Å². The van der Waals surface area contributed by atoms with E-state index in [1.54, 1.807) is 0 Å². The third-order valence-electron chi connectivity index (χ3n) is 3.52. The quantitative estimate of drug-likeness (QED) is 0.613. The van der Waals surface area contributed by atoms with Gasteiger partial charge in [0.2, 0.25) is 11.8 Å². The van der Waals surface area contributed by atoms with Crippen molar-refractivity contribution >= 4 is 17.8 Å². The van der Waals surface area contributed by atoms with Crippen LogP contribution in [0.4, 0.5) is 0 Å². The van der Waals surface area contributed by atoms with Gasteiger partial charge in [-0.1, -0.05) is 0 Å². The number of carboxylic acid groups (broad SMARTS) is 1. The molecule has 7 heteroatoms. The maximum atomic E-state index is 12.0. The van der Waals surface area contributed by atoms with E-state index in [1.165, 1.54) is 4.90 Å². The van der Waals surface area contributed by atoms with Gasteiger partial charge in [-0.25, -0.2) is 4.79 Å². The fraction of sp³-hybridized carbons (Fsp3) is 0.800. The predicted molar refractivity (Wildman–Crippen MR) is 80.3 cm³/mol. The summed E-state index contributed by atoms with van der Waals surface area (Å²) < 4.78 is 5.36. The van der Waals surface area contributed by atoms with Crippen molar-refractivity contribution in [2.24, 2.45) is 0 Å². The van der Waals surface area contributed by atoms with Gasteiger partial charge in [0.1, 0.15) is 6.04 Å². The number of hydrogen-bond acceptors (Lipinski definition) is 4. The van der Waals surface area contributed by atoms with Gasteiger partial charge >= 0.3 is 5.97 Å². The molecule has 0 radical (unpaired) electrons. The molecule has 22 heavy (non-hydrogen) atoms. The van der Waals surface area contributed by atoms with Crippen molar-refractivity contribution in [3.63, 3.8) is 0 Å². The molecule has 0 bridgehead atoms. The maximum absolute atomic E-state index is 12.0. The average Bonchev–Trinajstić information content (AvgIpc) is 2.93. The molecule has 1 heterocycles. The molecule has 1 atom stereocenters. The van der Waals surface area contributed by atoms with Gasteiger partial charge in [-0.2, -0.15) is 0 Å². The van der Waals surface area contributed by atoms with Crippen LogP contribution in [0.15, 0.2) is 0 Å². The van der Waals surface area contributed by atoms with E-state index in [0.29, 0.717) is 32.5 Å². The molecule has 0 aliphatic carbocycles. The van der Waals surface area contributed by atoms with Crippen LogP contribution in [-0.2, 0) is 19.1 Å². The van der Waals surface area contributed by atoms with Gasteiger partial charge in [-0.05, 0) is 33.1 Å². The van der Waals surface area contributed by atoms with Gasteiger partial charge in [0, 0.05) is 32.5 Å². The molecule has 1 aliphatic heterocycles. The lowest BCUT2D eigenvalue weighted by molar-refractivity contribution is -0.148. The molecule has 1 fully saturated rings. The Morgan fingerprint density at radius 3 is 2.68 bits per heavy atom. The highest BCUT2D eigenvalue weighted by molar-refractivity contribution is 5.87. The van der Waals surface area contributed by atoms with Crippen LogP contribution in [0, 0.1) is 0 Å². The van der Waals surface area contributed by atoms with E-state index in [1.807, 2.05) is 13.8 Å². The first-order valence-electron chi connectivity index (χ1n) is 7.82. The Bertz CT molecular complexity index is 397. The minimum Gasteiger partial charge on any atom is -0.480 e. The number of nitrogens with one attached hydrogen (secondary N) is 1. The molecule has 1 saturated heterocycles. The Hall–Kier alpha value is -1.63. The van der Waals surface area contributed by atoms with E-state index >= 15 is 0 Å². The van der Waals surface area contributed by atoms with Crippen molar-refractivity contribution in [3.8, 4) is 0 Å². The first-order valence-corrected chi connectivity index (χ1v) is 7.82. The lowest BCUT2D eigenvalue weighted by Crippen LogP contribution is -2.40. The Labute approximate surface area is 131 Å². The number of carboxylic acids is 1. The minimum absolute atomic E-state index is 0.0537. The number of hydrogen-bond donors (Lipinski definition) is 2. The van der Waals surface area contributed by atoms with Crippen molar-refractivity contribution in [3.05, 3.63) is 0 Å². The van der Waals surface area contributed by atoms with Gasteiger partial charge < -0.3 is 20.1 Å². The molecule has 0 saturated carbocycles. The highest BCUT2D eigenvalue weighted by Crippen LogP contribution is 2.18. The maximum Gasteiger partial charge on any atom is 0.326 e. The number of carbonyl (C=O) groups is 3. The summed E-state index contributed by atoms with van der Waals surface area (Å²) in [5.74, 6) is -1.42. The molecule has 0 aromatic rings. The Morgan fingerprint density at radius 2 is 2.05 bits per heavy atom. The van der Waals surface area contributed by atoms with Gasteiger partial charge in [0.25, 0.3) is 0 Å². The number of likely N-dealkylation sites (tertiary alicyclic amines) is 1. The molecule has 126 valence electrons. The number of aliphatic carboxylic acids is 1. The Morgan fingerprint density at radius 1 is 1.32 bits per heavy atom. The SMILES string of the molecule is CC(C)OCCCNC(=O)CCC(=O)N1CCCC1C(=O)O. The second kappa shape index (κ2) is 9.40. The third-order valence-corrected chi connectivity index (χ3v) is 3.52. The standard InChI is InChI=1S/C15H26N2O5/c1-11(2)22-10-4-8-16-13(18)6-7-14(19)17-9-3-5-12(17)15(20)21/h11-12H,3-10H2,1-2H3,(H,16,18)(H,20,21). The van der Waals surface area contributed by atoms with Crippen LogP contribution in [-0.4, -0.2) is 59.6 Å². The molecule has 1 aliphatic rings. The van der Waals surface area contributed by atoms with Crippen LogP contribution in [0.5, 0.6) is 0 Å². The van der Waals surface area contributed by atoms with Gasteiger partial charge in [-0.3, -0.25) is 9.59 Å². The fourth-order valence-electron chi connectivity index (χ4n) is 2.39. The lowest BCUT2D eigenvalue weighted by atomic mass is 10.2. The van der Waals surface area contributed by atoms with Crippen molar-refractivity contribution in [1.82, 2.24) is 10.2 Å². The zero-order chi connectivity index (χ0) is 16.5. The third kappa shape index (κ3) is 6.43. The molecular formula is C15H26N2O5. The topological polar surface area (TPSA) is 95.9 Å². The number of amides is 2. The van der Waals surface area contributed by atoms with E-state index in [4.69, 9.17) is 9.84 Å². The van der Waals surface area contributed by atoms with Gasteiger partial charge in [-0.15, -0.1) is 0 Å². The van der Waals surface area contributed by atoms with Crippen LogP contribution >= 0.6 is 0 Å². The number of ether oxygens (including phenoxy) is 1. The molecular weight excluding hydrogens is 288 g/mol. The summed E-state index contributed by atoms with van der Waals surface area (Å²) in [6, 6.07) is -0.733. The monoisotopic (exact) mass is 314 g/mol. The number of carbonyl (C=O) groups excluding carboxylic acids is 2. The zero-order valence-electron chi connectivity index (χ0n) is 13.3. The van der Waals surface area contributed by atoms with Crippen molar-refractivity contribution < 1.29 is 24.2 Å². The lowest BCUT2D eigenvalue weighted by Gasteiger charge is -2.21. The Kier molecular flexibility index (Phi) is 7.87. The molecule has 0 spiro atoms. The van der Waals surface area contributed by atoms with Crippen LogP contribution in [0.2, 0.25) is 0 Å². The normalized spacial score (nSPS) is 17.8. The highest BCUT2D eigenvalue weighted by Gasteiger charge is 2.33. The van der Waals surface area contributed by atoms with Crippen molar-refractivity contribution in [2.75, 3.05) is 19.7 Å². The second-order valence-electron chi connectivity index (χ2n) is 5.71. The average molecular weight is 314 g/mol. The smallest absolute Gasteiger partial charge is 0.326 e. The molecule has 0 aromatic heterocycles. The van der Waals surface area contributed by atoms with E-state index in [2.05, 4.69) is 5.32 Å². The van der Waals surface area contributed by atoms with E-state index < -0.39 is 12.0 Å². The molecule has 1 unspecified atom stereocenters. The van der Waals surface area contributed by atoms with Crippen LogP contribution in [0.3, 0.4) is 0 Å². The first kappa shape index (κ1) is 18.4. The molecule has 0 aromatic carbocycles. The van der Waals surface area contributed by atoms with Crippen molar-refractivity contribution in [1.29, 1.82) is 0 Å². The predicted octanol–water partition coefficient (Wildman–Crippen LogP) is 0.774. The number of nitrogens with zero attached hydrogens (tertiary/aromatic N) is 1. The summed E-state index contributed by atoms with van der Waals surface area (Å²) in [6.07, 6.45) is 2.24. The second-order valence-corrected chi connectivity index (χ2v) is 5.71. The van der Waals surface area contributed by atoms with Gasteiger partial charge in [0.15, 0.2) is 0 Å². The minimum atomic E-state index is -0.972. The summed E-state index contributed by atoms with van der Waals surface area (Å²) in [4.78, 5) is 36.0. The molecule has 2 amide bonds. The summed E-state index contributed by atoms with van der Waals surface area (Å²) in [5, 5.41) is 11.8. The fourth-order valence-corrected chi connectivity index (χ4v) is 2.39. The largest absolute Gasteiger partial charge is 0.480 e. The van der Waals surface area contributed by atoms with Crippen molar-refractivity contribution in [2.45, 2.75) is 58.1 Å². The molecule has 7 nitrogen and oxygen atoms in total. The van der Waals surface area contributed by atoms with E-state index in [0.717, 1.165) is 6.42 Å².